The van der Waals surface area contributed by atoms with Gasteiger partial charge in [-0.15, -0.1) is 0 Å². The van der Waals surface area contributed by atoms with Gasteiger partial charge in [0.25, 0.3) is 5.91 Å². The molecular weight excluding hydrogens is 346 g/mol. The van der Waals surface area contributed by atoms with Crippen molar-refractivity contribution in [1.82, 2.24) is 0 Å². The molecule has 6 nitrogen and oxygen atoms in total. The average molecular weight is 363 g/mol. The van der Waals surface area contributed by atoms with Crippen LogP contribution in [0.15, 0.2) is 60.7 Å². The lowest BCUT2D eigenvalue weighted by Gasteiger charge is -2.29. The Balaban J connectivity index is 1.51. The molecule has 1 heterocycles. The molecule has 4 rings (SSSR count). The molecule has 136 valence electrons. The molecule has 1 amide bonds. The van der Waals surface area contributed by atoms with Gasteiger partial charge in [-0.05, 0) is 29.7 Å². The van der Waals surface area contributed by atoms with Crippen molar-refractivity contribution in [3.8, 4) is 11.5 Å². The van der Waals surface area contributed by atoms with E-state index >= 15 is 0 Å². The van der Waals surface area contributed by atoms with Crippen LogP contribution >= 0.6 is 0 Å². The van der Waals surface area contributed by atoms with Gasteiger partial charge in [0.2, 0.25) is 0 Å². The van der Waals surface area contributed by atoms with Gasteiger partial charge in [-0.1, -0.05) is 36.4 Å². The van der Waals surface area contributed by atoms with E-state index in [0.29, 0.717) is 24.6 Å². The molecule has 0 atom stereocenters. The summed E-state index contributed by atoms with van der Waals surface area (Å²) < 4.78 is 11.3. The van der Waals surface area contributed by atoms with E-state index in [-0.39, 0.29) is 18.1 Å². The number of carboxylic acid groups (broad SMARTS) is 1. The molecule has 0 radical (unpaired) electrons. The molecule has 6 heteroatoms. The predicted octanol–water partition coefficient (Wildman–Crippen LogP) is 3.34. The quantitative estimate of drug-likeness (QED) is 0.752. The van der Waals surface area contributed by atoms with Crippen molar-refractivity contribution in [3.05, 3.63) is 66.2 Å². The van der Waals surface area contributed by atoms with Crippen LogP contribution in [0.3, 0.4) is 0 Å². The van der Waals surface area contributed by atoms with Crippen LogP contribution in [0.2, 0.25) is 0 Å². The second kappa shape index (κ2) is 6.99. The molecule has 0 aromatic heterocycles. The lowest BCUT2D eigenvalue weighted by atomic mass is 10.1. The summed E-state index contributed by atoms with van der Waals surface area (Å²) in [6.45, 7) is 0.523. The van der Waals surface area contributed by atoms with E-state index in [2.05, 4.69) is 0 Å². The molecule has 0 saturated carbocycles. The maximum Gasteiger partial charge on any atom is 0.335 e. The monoisotopic (exact) mass is 363 g/mol. The number of amides is 1. The zero-order valence-corrected chi connectivity index (χ0v) is 14.4. The fourth-order valence-corrected chi connectivity index (χ4v) is 3.15. The molecule has 3 aromatic carbocycles. The molecule has 0 aliphatic carbocycles. The highest BCUT2D eigenvalue weighted by atomic mass is 16.5. The number of anilines is 1. The van der Waals surface area contributed by atoms with Crippen LogP contribution in [0.4, 0.5) is 5.69 Å². The maximum atomic E-state index is 12.3. The fourth-order valence-electron chi connectivity index (χ4n) is 3.15. The van der Waals surface area contributed by atoms with Gasteiger partial charge in [-0.25, -0.2) is 4.79 Å². The number of ether oxygens (including phenoxy) is 2. The summed E-state index contributed by atoms with van der Waals surface area (Å²) >= 11 is 0. The van der Waals surface area contributed by atoms with Gasteiger partial charge >= 0.3 is 5.97 Å². The summed E-state index contributed by atoms with van der Waals surface area (Å²) in [7, 11) is 0. The number of carbonyl (C=O) groups is 2. The van der Waals surface area contributed by atoms with Crippen LogP contribution < -0.4 is 14.4 Å². The van der Waals surface area contributed by atoms with E-state index in [1.54, 1.807) is 11.0 Å². The summed E-state index contributed by atoms with van der Waals surface area (Å²) in [5.74, 6) is -0.0776. The van der Waals surface area contributed by atoms with Crippen LogP contribution in [0.1, 0.15) is 10.4 Å². The minimum Gasteiger partial charge on any atom is -0.491 e. The second-order valence-electron chi connectivity index (χ2n) is 6.15. The minimum atomic E-state index is -1.04. The third-order valence-electron chi connectivity index (χ3n) is 4.47. The molecule has 0 spiro atoms. The Hall–Kier alpha value is -3.54. The van der Waals surface area contributed by atoms with Crippen LogP contribution in [-0.4, -0.2) is 36.7 Å². The van der Waals surface area contributed by atoms with E-state index in [1.165, 1.54) is 12.1 Å². The van der Waals surface area contributed by atoms with Crippen LogP contribution in [0.5, 0.6) is 11.5 Å². The minimum absolute atomic E-state index is 0.120. The number of carboxylic acids is 1. The molecule has 1 N–H and O–H groups in total. The number of aromatic carboxylic acids is 1. The van der Waals surface area contributed by atoms with Crippen molar-refractivity contribution in [3.63, 3.8) is 0 Å². The van der Waals surface area contributed by atoms with Crippen molar-refractivity contribution >= 4 is 28.3 Å². The highest BCUT2D eigenvalue weighted by Gasteiger charge is 2.26. The first-order valence-electron chi connectivity index (χ1n) is 8.54. The Kier molecular flexibility index (Phi) is 4.38. The van der Waals surface area contributed by atoms with E-state index in [0.717, 1.165) is 16.5 Å². The Bertz CT molecular complexity index is 1020. The zero-order chi connectivity index (χ0) is 18.8. The molecule has 0 saturated heterocycles. The van der Waals surface area contributed by atoms with Gasteiger partial charge in [0.05, 0.1) is 17.8 Å². The lowest BCUT2D eigenvalue weighted by molar-refractivity contribution is -0.121. The maximum absolute atomic E-state index is 12.3. The highest BCUT2D eigenvalue weighted by molar-refractivity contribution is 5.99. The van der Waals surface area contributed by atoms with Gasteiger partial charge in [-0.3, -0.25) is 4.79 Å². The predicted molar refractivity (Wildman–Crippen MR) is 101 cm³/mol. The standard InChI is InChI=1S/C21H17NO5/c23-20-13-27-19-12-15(21(24)25)8-9-17(19)22(20)10-11-26-18-7-3-5-14-4-1-2-6-16(14)18/h1-9,12H,10-11,13H2,(H,24,25). The molecule has 0 unspecified atom stereocenters. The van der Waals surface area contributed by atoms with Crippen LogP contribution in [0.25, 0.3) is 10.8 Å². The number of carbonyl (C=O) groups excluding carboxylic acids is 1. The Morgan fingerprint density at radius 3 is 2.78 bits per heavy atom. The first-order valence-corrected chi connectivity index (χ1v) is 8.54. The normalized spacial score (nSPS) is 13.2. The summed E-state index contributed by atoms with van der Waals surface area (Å²) in [5, 5.41) is 11.2. The smallest absolute Gasteiger partial charge is 0.335 e. The van der Waals surface area contributed by atoms with E-state index in [9.17, 15) is 9.59 Å². The van der Waals surface area contributed by atoms with Gasteiger partial charge in [0.15, 0.2) is 6.61 Å². The third kappa shape index (κ3) is 3.29. The molecule has 1 aliphatic heterocycles. The van der Waals surface area contributed by atoms with Crippen molar-refractivity contribution in [2.75, 3.05) is 24.7 Å². The van der Waals surface area contributed by atoms with Crippen LogP contribution in [0, 0.1) is 0 Å². The number of benzene rings is 3. The van der Waals surface area contributed by atoms with Crippen molar-refractivity contribution in [2.24, 2.45) is 0 Å². The number of fused-ring (bicyclic) bond motifs is 2. The number of nitrogens with zero attached hydrogens (tertiary/aromatic N) is 1. The molecule has 3 aromatic rings. The Labute approximate surface area is 155 Å². The molecule has 27 heavy (non-hydrogen) atoms. The van der Waals surface area contributed by atoms with E-state index in [4.69, 9.17) is 14.6 Å². The van der Waals surface area contributed by atoms with Crippen molar-refractivity contribution < 1.29 is 24.2 Å². The van der Waals surface area contributed by atoms with E-state index in [1.807, 2.05) is 42.5 Å². The fraction of sp³-hybridized carbons (Fsp3) is 0.143. The summed E-state index contributed by atoms with van der Waals surface area (Å²) in [5.41, 5.74) is 0.674. The number of hydrogen-bond acceptors (Lipinski definition) is 4. The number of hydrogen-bond donors (Lipinski definition) is 1. The third-order valence-corrected chi connectivity index (χ3v) is 4.47. The summed E-state index contributed by atoms with van der Waals surface area (Å²) in [4.78, 5) is 24.9. The molecule has 0 fully saturated rings. The number of rotatable bonds is 5. The zero-order valence-electron chi connectivity index (χ0n) is 14.4. The van der Waals surface area contributed by atoms with Gasteiger partial charge < -0.3 is 19.5 Å². The average Bonchev–Trinajstić information content (AvgIpc) is 2.69. The highest BCUT2D eigenvalue weighted by Crippen LogP contribution is 2.33. The van der Waals surface area contributed by atoms with Crippen LogP contribution in [-0.2, 0) is 4.79 Å². The summed E-state index contributed by atoms with van der Waals surface area (Å²) in [6, 6.07) is 18.3. The topological polar surface area (TPSA) is 76.1 Å². The first kappa shape index (κ1) is 16.9. The Morgan fingerprint density at radius 2 is 1.93 bits per heavy atom. The SMILES string of the molecule is O=C(O)c1ccc2c(c1)OCC(=O)N2CCOc1cccc2ccccc12. The largest absolute Gasteiger partial charge is 0.491 e. The first-order chi connectivity index (χ1) is 13.1. The second-order valence-corrected chi connectivity index (χ2v) is 6.15. The molecule has 1 aliphatic rings. The van der Waals surface area contributed by atoms with Crippen molar-refractivity contribution in [2.45, 2.75) is 0 Å². The van der Waals surface area contributed by atoms with Crippen molar-refractivity contribution in [1.29, 1.82) is 0 Å². The van der Waals surface area contributed by atoms with E-state index < -0.39 is 5.97 Å². The Morgan fingerprint density at radius 1 is 1.11 bits per heavy atom. The molecular formula is C21H17NO5. The molecule has 0 bridgehead atoms. The summed E-state index contributed by atoms with van der Waals surface area (Å²) in [6.07, 6.45) is 0. The van der Waals surface area contributed by atoms with Gasteiger partial charge in [-0.2, -0.15) is 0 Å². The van der Waals surface area contributed by atoms with Gasteiger partial charge in [0, 0.05) is 5.39 Å². The van der Waals surface area contributed by atoms with Gasteiger partial charge in [0.1, 0.15) is 18.1 Å². The lowest BCUT2D eigenvalue weighted by Crippen LogP contribution is -2.41.